The molecule has 19 heavy (non-hydrogen) atoms. The van der Waals surface area contributed by atoms with Crippen molar-refractivity contribution in [2.45, 2.75) is 24.7 Å². The lowest BCUT2D eigenvalue weighted by Crippen LogP contribution is -2.30. The van der Waals surface area contributed by atoms with Crippen molar-refractivity contribution in [2.24, 2.45) is 0 Å². The zero-order valence-corrected chi connectivity index (χ0v) is 11.6. The van der Waals surface area contributed by atoms with Crippen molar-refractivity contribution in [2.75, 3.05) is 27.2 Å². The van der Waals surface area contributed by atoms with E-state index in [-0.39, 0.29) is 11.8 Å². The molecule has 1 heterocycles. The summed E-state index contributed by atoms with van der Waals surface area (Å²) in [5.74, 6) is 0.110. The van der Waals surface area contributed by atoms with E-state index in [1.165, 1.54) is 5.56 Å². The summed E-state index contributed by atoms with van der Waals surface area (Å²) >= 11 is 0. The maximum Gasteiger partial charge on any atom is 0.303 e. The molecule has 1 aliphatic heterocycles. The Kier molecular flexibility index (Phi) is 4.10. The van der Waals surface area contributed by atoms with Crippen LogP contribution in [-0.4, -0.2) is 43.2 Å². The summed E-state index contributed by atoms with van der Waals surface area (Å²) in [5, 5.41) is 8.96. The molecule has 1 aromatic rings. The number of likely N-dealkylation sites (N-methyl/N-ethyl adjacent to an activating group) is 1. The van der Waals surface area contributed by atoms with E-state index in [2.05, 4.69) is 18.0 Å². The fourth-order valence-corrected chi connectivity index (χ4v) is 2.96. The minimum Gasteiger partial charge on any atom is -0.497 e. The van der Waals surface area contributed by atoms with Crippen molar-refractivity contribution in [1.82, 2.24) is 4.90 Å². The lowest BCUT2D eigenvalue weighted by molar-refractivity contribution is -0.137. The standard InChI is InChI=1S/C15H21NO3/c1-16-9-8-15(11-16,7-6-14(17)18)12-4-3-5-13(10-12)19-2/h3-5,10H,6-9,11H2,1-2H3,(H,17,18). The van der Waals surface area contributed by atoms with Crippen molar-refractivity contribution in [3.8, 4) is 5.75 Å². The second-order valence-corrected chi connectivity index (χ2v) is 5.39. The van der Waals surface area contributed by atoms with Gasteiger partial charge in [0, 0.05) is 18.4 Å². The van der Waals surface area contributed by atoms with Gasteiger partial charge in [0.15, 0.2) is 0 Å². The largest absolute Gasteiger partial charge is 0.497 e. The molecular formula is C15H21NO3. The SMILES string of the molecule is COc1cccc(C2(CCC(=O)O)CCN(C)C2)c1. The topological polar surface area (TPSA) is 49.8 Å². The van der Waals surface area contributed by atoms with Gasteiger partial charge in [-0.3, -0.25) is 4.79 Å². The second kappa shape index (κ2) is 5.61. The fraction of sp³-hybridized carbons (Fsp3) is 0.533. The molecule has 1 unspecified atom stereocenters. The highest BCUT2D eigenvalue weighted by atomic mass is 16.5. The highest BCUT2D eigenvalue weighted by Gasteiger charge is 2.38. The highest BCUT2D eigenvalue weighted by Crippen LogP contribution is 2.39. The predicted octanol–water partition coefficient (Wildman–Crippen LogP) is 2.13. The van der Waals surface area contributed by atoms with Gasteiger partial charge in [-0.15, -0.1) is 0 Å². The van der Waals surface area contributed by atoms with Gasteiger partial charge >= 0.3 is 5.97 Å². The Bertz CT molecular complexity index is 460. The van der Waals surface area contributed by atoms with Crippen LogP contribution in [0.1, 0.15) is 24.8 Å². The summed E-state index contributed by atoms with van der Waals surface area (Å²) in [4.78, 5) is 13.2. The van der Waals surface area contributed by atoms with E-state index in [0.717, 1.165) is 25.3 Å². The Morgan fingerprint density at radius 1 is 1.53 bits per heavy atom. The van der Waals surface area contributed by atoms with E-state index in [1.54, 1.807) is 7.11 Å². The van der Waals surface area contributed by atoms with Gasteiger partial charge in [0.1, 0.15) is 5.75 Å². The number of carboxylic acid groups (broad SMARTS) is 1. The summed E-state index contributed by atoms with van der Waals surface area (Å²) < 4.78 is 5.28. The first-order valence-electron chi connectivity index (χ1n) is 6.61. The zero-order valence-electron chi connectivity index (χ0n) is 11.6. The van der Waals surface area contributed by atoms with E-state index < -0.39 is 5.97 Å². The lowest BCUT2D eigenvalue weighted by Gasteiger charge is -2.29. The smallest absolute Gasteiger partial charge is 0.303 e. The number of carboxylic acids is 1. The van der Waals surface area contributed by atoms with Crippen LogP contribution >= 0.6 is 0 Å². The van der Waals surface area contributed by atoms with Gasteiger partial charge < -0.3 is 14.7 Å². The molecule has 1 saturated heterocycles. The molecule has 0 aliphatic carbocycles. The number of nitrogens with zero attached hydrogens (tertiary/aromatic N) is 1. The van der Waals surface area contributed by atoms with Crippen molar-refractivity contribution in [3.05, 3.63) is 29.8 Å². The van der Waals surface area contributed by atoms with Crippen LogP contribution in [0.3, 0.4) is 0 Å². The average Bonchev–Trinajstić information content (AvgIpc) is 2.79. The first-order chi connectivity index (χ1) is 9.05. The average molecular weight is 263 g/mol. The van der Waals surface area contributed by atoms with Crippen LogP contribution in [0.4, 0.5) is 0 Å². The first kappa shape index (κ1) is 13.9. The van der Waals surface area contributed by atoms with Crippen molar-refractivity contribution >= 4 is 5.97 Å². The van der Waals surface area contributed by atoms with Crippen molar-refractivity contribution in [3.63, 3.8) is 0 Å². The molecule has 2 rings (SSSR count). The van der Waals surface area contributed by atoms with Crippen LogP contribution in [0.2, 0.25) is 0 Å². The normalized spacial score (nSPS) is 23.5. The highest BCUT2D eigenvalue weighted by molar-refractivity contribution is 5.67. The molecule has 1 atom stereocenters. The third-order valence-electron chi connectivity index (χ3n) is 4.04. The quantitative estimate of drug-likeness (QED) is 0.884. The molecule has 4 heteroatoms. The minimum atomic E-state index is -0.725. The molecule has 1 aliphatic rings. The van der Waals surface area contributed by atoms with Gasteiger partial charge in [-0.05, 0) is 44.1 Å². The Labute approximate surface area is 114 Å². The maximum atomic E-state index is 10.9. The summed E-state index contributed by atoms with van der Waals surface area (Å²) in [5.41, 5.74) is 1.14. The van der Waals surface area contributed by atoms with E-state index in [9.17, 15) is 4.79 Å². The summed E-state index contributed by atoms with van der Waals surface area (Å²) in [7, 11) is 3.74. The van der Waals surface area contributed by atoms with Crippen LogP contribution in [0.25, 0.3) is 0 Å². The number of methoxy groups -OCH3 is 1. The molecule has 0 amide bonds. The maximum absolute atomic E-state index is 10.9. The summed E-state index contributed by atoms with van der Waals surface area (Å²) in [6.45, 7) is 1.92. The zero-order chi connectivity index (χ0) is 13.9. The predicted molar refractivity (Wildman–Crippen MR) is 73.7 cm³/mol. The Hall–Kier alpha value is -1.55. The van der Waals surface area contributed by atoms with Crippen molar-refractivity contribution < 1.29 is 14.6 Å². The van der Waals surface area contributed by atoms with E-state index in [0.29, 0.717) is 6.42 Å². The van der Waals surface area contributed by atoms with E-state index >= 15 is 0 Å². The Morgan fingerprint density at radius 2 is 2.32 bits per heavy atom. The first-order valence-corrected chi connectivity index (χ1v) is 6.61. The third kappa shape index (κ3) is 3.07. The molecule has 0 aromatic heterocycles. The molecule has 0 spiro atoms. The Balaban J connectivity index is 2.28. The van der Waals surface area contributed by atoms with E-state index in [1.807, 2.05) is 18.2 Å². The Morgan fingerprint density at radius 3 is 2.89 bits per heavy atom. The third-order valence-corrected chi connectivity index (χ3v) is 4.04. The molecule has 1 N–H and O–H groups in total. The minimum absolute atomic E-state index is 0.0539. The molecule has 1 aromatic carbocycles. The molecule has 0 radical (unpaired) electrons. The van der Waals surface area contributed by atoms with Crippen LogP contribution in [0.5, 0.6) is 5.75 Å². The van der Waals surface area contributed by atoms with Crippen molar-refractivity contribution in [1.29, 1.82) is 0 Å². The van der Waals surface area contributed by atoms with Crippen LogP contribution < -0.4 is 4.74 Å². The molecule has 0 saturated carbocycles. The second-order valence-electron chi connectivity index (χ2n) is 5.39. The molecule has 4 nitrogen and oxygen atoms in total. The van der Waals surface area contributed by atoms with Gasteiger partial charge in [0.25, 0.3) is 0 Å². The lowest BCUT2D eigenvalue weighted by atomic mass is 9.76. The van der Waals surface area contributed by atoms with Crippen LogP contribution in [0.15, 0.2) is 24.3 Å². The number of carbonyl (C=O) groups is 1. The summed E-state index contributed by atoms with van der Waals surface area (Å²) in [6.07, 6.45) is 1.90. The molecule has 1 fully saturated rings. The monoisotopic (exact) mass is 263 g/mol. The van der Waals surface area contributed by atoms with Gasteiger partial charge in [-0.25, -0.2) is 0 Å². The van der Waals surface area contributed by atoms with Gasteiger partial charge in [-0.1, -0.05) is 12.1 Å². The molecular weight excluding hydrogens is 242 g/mol. The van der Waals surface area contributed by atoms with Gasteiger partial charge in [0.05, 0.1) is 7.11 Å². The number of hydrogen-bond donors (Lipinski definition) is 1. The van der Waals surface area contributed by atoms with Gasteiger partial charge in [0.2, 0.25) is 0 Å². The number of ether oxygens (including phenoxy) is 1. The van der Waals surface area contributed by atoms with Crippen LogP contribution in [0, 0.1) is 0 Å². The number of benzene rings is 1. The number of rotatable bonds is 5. The molecule has 0 bridgehead atoms. The van der Waals surface area contributed by atoms with Gasteiger partial charge in [-0.2, -0.15) is 0 Å². The number of likely N-dealkylation sites (tertiary alicyclic amines) is 1. The number of aliphatic carboxylic acids is 1. The number of hydrogen-bond acceptors (Lipinski definition) is 3. The van der Waals surface area contributed by atoms with Crippen LogP contribution in [-0.2, 0) is 10.2 Å². The summed E-state index contributed by atoms with van der Waals surface area (Å²) in [6, 6.07) is 8.03. The van der Waals surface area contributed by atoms with E-state index in [4.69, 9.17) is 9.84 Å². The fourth-order valence-electron chi connectivity index (χ4n) is 2.96. The molecule has 104 valence electrons.